The summed E-state index contributed by atoms with van der Waals surface area (Å²) in [6.45, 7) is 5.36. The van der Waals surface area contributed by atoms with Gasteiger partial charge in [-0.3, -0.25) is 0 Å². The summed E-state index contributed by atoms with van der Waals surface area (Å²) in [6.07, 6.45) is 2.90. The number of rotatable bonds is 6. The second kappa shape index (κ2) is 6.66. The highest BCUT2D eigenvalue weighted by atomic mass is 32.2. The molecule has 1 aromatic rings. The molecule has 2 rings (SSSR count). The summed E-state index contributed by atoms with van der Waals surface area (Å²) in [5, 5.41) is 3.25. The molecule has 0 fully saturated rings. The van der Waals surface area contributed by atoms with Crippen molar-refractivity contribution in [2.75, 3.05) is 25.5 Å². The van der Waals surface area contributed by atoms with Crippen LogP contribution in [0.4, 0.5) is 5.69 Å². The van der Waals surface area contributed by atoms with Crippen molar-refractivity contribution in [3.8, 4) is 5.75 Å². The van der Waals surface area contributed by atoms with Crippen LogP contribution in [0, 0.1) is 0 Å². The lowest BCUT2D eigenvalue weighted by Crippen LogP contribution is -2.31. The van der Waals surface area contributed by atoms with Crippen molar-refractivity contribution in [3.05, 3.63) is 18.2 Å². The van der Waals surface area contributed by atoms with Crippen molar-refractivity contribution in [1.82, 2.24) is 4.31 Å². The van der Waals surface area contributed by atoms with Gasteiger partial charge in [-0.15, -0.1) is 0 Å². The zero-order valence-corrected chi connectivity index (χ0v) is 13.7. The monoisotopic (exact) mass is 312 g/mol. The van der Waals surface area contributed by atoms with Crippen molar-refractivity contribution in [2.45, 2.75) is 44.1 Å². The van der Waals surface area contributed by atoms with Crippen LogP contribution in [0.2, 0.25) is 0 Å². The number of sulfonamides is 1. The Bertz CT molecular complexity index is 587. The fourth-order valence-electron chi connectivity index (χ4n) is 2.26. The maximum atomic E-state index is 12.5. The second-order valence-corrected chi connectivity index (χ2v) is 7.41. The van der Waals surface area contributed by atoms with Crippen LogP contribution in [-0.4, -0.2) is 39.0 Å². The number of fused-ring (bicyclic) bond motifs is 1. The first-order valence-electron chi connectivity index (χ1n) is 7.50. The molecule has 1 heterocycles. The topological polar surface area (TPSA) is 58.6 Å². The Balaban J connectivity index is 2.22. The molecule has 1 aliphatic rings. The maximum Gasteiger partial charge on any atom is 0.242 e. The Labute approximate surface area is 127 Å². The Morgan fingerprint density at radius 2 is 2.14 bits per heavy atom. The summed E-state index contributed by atoms with van der Waals surface area (Å²) >= 11 is 0. The quantitative estimate of drug-likeness (QED) is 0.877. The van der Waals surface area contributed by atoms with E-state index in [1.807, 2.05) is 6.92 Å². The molecular formula is C15H24N2O3S. The number of ether oxygens (including phenoxy) is 1. The van der Waals surface area contributed by atoms with E-state index < -0.39 is 10.0 Å². The van der Waals surface area contributed by atoms with Crippen LogP contribution in [0.5, 0.6) is 5.75 Å². The predicted molar refractivity (Wildman–Crippen MR) is 84.4 cm³/mol. The molecule has 0 amide bonds. The summed E-state index contributed by atoms with van der Waals surface area (Å²) in [5.74, 6) is 0.725. The lowest BCUT2D eigenvalue weighted by molar-refractivity contribution is 0.201. The van der Waals surface area contributed by atoms with Crippen molar-refractivity contribution in [3.63, 3.8) is 0 Å². The smallest absolute Gasteiger partial charge is 0.242 e. The zero-order valence-electron chi connectivity index (χ0n) is 12.9. The van der Waals surface area contributed by atoms with Crippen LogP contribution >= 0.6 is 0 Å². The standard InChI is InChI=1S/C15H24N2O3S/c1-4-6-9-17(3)21(18,19)13-7-8-15-14(10-13)16-11-12(5-2)20-15/h7-8,10,12,16H,4-6,9,11H2,1-3H3. The van der Waals surface area contributed by atoms with Crippen molar-refractivity contribution in [2.24, 2.45) is 0 Å². The van der Waals surface area contributed by atoms with Gasteiger partial charge >= 0.3 is 0 Å². The van der Waals surface area contributed by atoms with E-state index in [1.54, 1.807) is 25.2 Å². The van der Waals surface area contributed by atoms with Crippen LogP contribution in [0.15, 0.2) is 23.1 Å². The summed E-state index contributed by atoms with van der Waals surface area (Å²) in [5.41, 5.74) is 0.754. The molecule has 0 aliphatic carbocycles. The van der Waals surface area contributed by atoms with E-state index in [2.05, 4.69) is 12.2 Å². The van der Waals surface area contributed by atoms with E-state index in [9.17, 15) is 8.42 Å². The maximum absolute atomic E-state index is 12.5. The third kappa shape index (κ3) is 3.49. The molecule has 118 valence electrons. The van der Waals surface area contributed by atoms with Gasteiger partial charge in [0.25, 0.3) is 0 Å². The van der Waals surface area contributed by atoms with Gasteiger partial charge in [-0.2, -0.15) is 0 Å². The number of nitrogens with zero attached hydrogens (tertiary/aromatic N) is 1. The molecular weight excluding hydrogens is 288 g/mol. The van der Waals surface area contributed by atoms with Gasteiger partial charge in [0, 0.05) is 13.6 Å². The van der Waals surface area contributed by atoms with Gasteiger partial charge in [-0.1, -0.05) is 20.3 Å². The molecule has 21 heavy (non-hydrogen) atoms. The molecule has 1 N–H and O–H groups in total. The first-order chi connectivity index (χ1) is 9.98. The lowest BCUT2D eigenvalue weighted by atomic mass is 10.2. The van der Waals surface area contributed by atoms with Crippen LogP contribution in [-0.2, 0) is 10.0 Å². The fourth-order valence-corrected chi connectivity index (χ4v) is 3.50. The molecule has 0 saturated carbocycles. The van der Waals surface area contributed by atoms with Crippen LogP contribution < -0.4 is 10.1 Å². The van der Waals surface area contributed by atoms with E-state index in [0.29, 0.717) is 18.0 Å². The van der Waals surface area contributed by atoms with Gasteiger partial charge in [-0.05, 0) is 31.0 Å². The molecule has 0 spiro atoms. The molecule has 6 heteroatoms. The van der Waals surface area contributed by atoms with Crippen molar-refractivity contribution in [1.29, 1.82) is 0 Å². The van der Waals surface area contributed by atoms with Gasteiger partial charge in [0.15, 0.2) is 0 Å². The highest BCUT2D eigenvalue weighted by Crippen LogP contribution is 2.32. The zero-order chi connectivity index (χ0) is 15.5. The highest BCUT2D eigenvalue weighted by molar-refractivity contribution is 7.89. The normalized spacial score (nSPS) is 18.0. The number of anilines is 1. The first kappa shape index (κ1) is 16.1. The molecule has 0 radical (unpaired) electrons. The first-order valence-corrected chi connectivity index (χ1v) is 8.94. The number of unbranched alkanes of at least 4 members (excludes halogenated alkanes) is 1. The Morgan fingerprint density at radius 3 is 2.81 bits per heavy atom. The molecule has 5 nitrogen and oxygen atoms in total. The second-order valence-electron chi connectivity index (χ2n) is 5.37. The van der Waals surface area contributed by atoms with Crippen LogP contribution in [0.3, 0.4) is 0 Å². The number of hydrogen-bond acceptors (Lipinski definition) is 4. The van der Waals surface area contributed by atoms with Gasteiger partial charge < -0.3 is 10.1 Å². The highest BCUT2D eigenvalue weighted by Gasteiger charge is 2.24. The van der Waals surface area contributed by atoms with Gasteiger partial charge in [0.05, 0.1) is 17.1 Å². The largest absolute Gasteiger partial charge is 0.486 e. The summed E-state index contributed by atoms with van der Waals surface area (Å²) < 4.78 is 32.2. The molecule has 0 bridgehead atoms. The fraction of sp³-hybridized carbons (Fsp3) is 0.600. The third-order valence-corrected chi connectivity index (χ3v) is 5.61. The van der Waals surface area contributed by atoms with E-state index in [1.165, 1.54) is 4.31 Å². The molecule has 1 atom stereocenters. The van der Waals surface area contributed by atoms with E-state index in [0.717, 1.165) is 30.7 Å². The lowest BCUT2D eigenvalue weighted by Gasteiger charge is -2.27. The molecule has 0 saturated heterocycles. The summed E-state index contributed by atoms with van der Waals surface area (Å²) in [7, 11) is -1.80. The molecule has 1 aliphatic heterocycles. The van der Waals surface area contributed by atoms with Crippen LogP contribution in [0.1, 0.15) is 33.1 Å². The molecule has 1 unspecified atom stereocenters. The minimum atomic E-state index is -3.43. The number of nitrogens with one attached hydrogen (secondary N) is 1. The summed E-state index contributed by atoms with van der Waals surface area (Å²) in [6, 6.07) is 5.03. The Kier molecular flexibility index (Phi) is 5.11. The predicted octanol–water partition coefficient (Wildman–Crippen LogP) is 2.69. The van der Waals surface area contributed by atoms with Gasteiger partial charge in [0.2, 0.25) is 10.0 Å². The summed E-state index contributed by atoms with van der Waals surface area (Å²) in [4.78, 5) is 0.311. The third-order valence-electron chi connectivity index (χ3n) is 3.75. The minimum Gasteiger partial charge on any atom is -0.486 e. The van der Waals surface area contributed by atoms with Crippen molar-refractivity contribution >= 4 is 15.7 Å². The van der Waals surface area contributed by atoms with Crippen LogP contribution in [0.25, 0.3) is 0 Å². The van der Waals surface area contributed by atoms with E-state index >= 15 is 0 Å². The van der Waals surface area contributed by atoms with Crippen molar-refractivity contribution < 1.29 is 13.2 Å². The molecule has 0 aromatic heterocycles. The Hall–Kier alpha value is -1.27. The number of benzene rings is 1. The van der Waals surface area contributed by atoms with E-state index in [-0.39, 0.29) is 6.10 Å². The minimum absolute atomic E-state index is 0.146. The number of hydrogen-bond donors (Lipinski definition) is 1. The molecule has 1 aromatic carbocycles. The van der Waals surface area contributed by atoms with Gasteiger partial charge in [0.1, 0.15) is 11.9 Å². The average Bonchev–Trinajstić information content (AvgIpc) is 2.51. The van der Waals surface area contributed by atoms with E-state index in [4.69, 9.17) is 4.74 Å². The average molecular weight is 312 g/mol. The Morgan fingerprint density at radius 1 is 1.38 bits per heavy atom. The van der Waals surface area contributed by atoms with Gasteiger partial charge in [-0.25, -0.2) is 12.7 Å². The SMILES string of the molecule is CCCCN(C)S(=O)(=O)c1ccc2c(c1)NCC(CC)O2.